The average molecular weight is 314 g/mol. The van der Waals surface area contributed by atoms with Crippen LogP contribution in [-0.2, 0) is 0 Å². The van der Waals surface area contributed by atoms with Gasteiger partial charge in [0, 0.05) is 11.9 Å². The second-order valence-corrected chi connectivity index (χ2v) is 6.06. The van der Waals surface area contributed by atoms with Gasteiger partial charge in [-0.05, 0) is 50.5 Å². The van der Waals surface area contributed by atoms with E-state index in [9.17, 15) is 9.90 Å². The molecule has 1 aromatic carbocycles. The molecule has 2 heterocycles. The van der Waals surface area contributed by atoms with Gasteiger partial charge in [-0.15, -0.1) is 0 Å². The number of likely N-dealkylation sites (tertiary alicyclic amines) is 1. The Morgan fingerprint density at radius 1 is 1.35 bits per heavy atom. The van der Waals surface area contributed by atoms with E-state index in [1.807, 2.05) is 24.3 Å². The highest BCUT2D eigenvalue weighted by Crippen LogP contribution is 2.24. The molecule has 1 aromatic heterocycles. The first-order valence-corrected chi connectivity index (χ1v) is 8.04. The van der Waals surface area contributed by atoms with E-state index in [-0.39, 0.29) is 11.9 Å². The number of hydrogen-bond acceptors (Lipinski definition) is 4. The van der Waals surface area contributed by atoms with Crippen LogP contribution in [0.25, 0.3) is 10.9 Å². The summed E-state index contributed by atoms with van der Waals surface area (Å²) in [6.07, 6.45) is 2.34. The van der Waals surface area contributed by atoms with Gasteiger partial charge in [0.15, 0.2) is 0 Å². The summed E-state index contributed by atoms with van der Waals surface area (Å²) in [5.41, 5.74) is 1.19. The molecule has 122 valence electrons. The Kier molecular flexibility index (Phi) is 4.48. The third kappa shape index (κ3) is 3.15. The lowest BCUT2D eigenvalue weighted by molar-refractivity contribution is 0.0277. The summed E-state index contributed by atoms with van der Waals surface area (Å²) in [4.78, 5) is 19.1. The minimum absolute atomic E-state index is 0.103. The van der Waals surface area contributed by atoms with E-state index in [1.165, 1.54) is 0 Å². The molecular formula is C18H22N2O3. The van der Waals surface area contributed by atoms with E-state index >= 15 is 0 Å². The smallest absolute Gasteiger partial charge is 0.272 e. The third-order valence-corrected chi connectivity index (χ3v) is 4.48. The second-order valence-electron chi connectivity index (χ2n) is 6.06. The van der Waals surface area contributed by atoms with Crippen LogP contribution in [0.2, 0.25) is 0 Å². The first-order valence-electron chi connectivity index (χ1n) is 8.04. The number of carbonyl (C=O) groups is 1. The molecule has 0 saturated carbocycles. The van der Waals surface area contributed by atoms with Gasteiger partial charge in [0.1, 0.15) is 11.4 Å². The number of benzene rings is 1. The quantitative estimate of drug-likeness (QED) is 0.946. The molecule has 0 radical (unpaired) electrons. The zero-order chi connectivity index (χ0) is 16.4. The van der Waals surface area contributed by atoms with Gasteiger partial charge in [-0.2, -0.15) is 0 Å². The Morgan fingerprint density at radius 3 is 2.91 bits per heavy atom. The summed E-state index contributed by atoms with van der Waals surface area (Å²) in [7, 11) is 1.62. The van der Waals surface area contributed by atoms with E-state index in [0.717, 1.165) is 35.9 Å². The van der Waals surface area contributed by atoms with Gasteiger partial charge >= 0.3 is 0 Å². The molecule has 3 rings (SSSR count). The minimum atomic E-state index is -0.524. The monoisotopic (exact) mass is 314 g/mol. The van der Waals surface area contributed by atoms with Crippen molar-refractivity contribution in [3.63, 3.8) is 0 Å². The van der Waals surface area contributed by atoms with Gasteiger partial charge < -0.3 is 14.7 Å². The van der Waals surface area contributed by atoms with Gasteiger partial charge in [0.05, 0.1) is 24.8 Å². The number of fused-ring (bicyclic) bond motifs is 1. The van der Waals surface area contributed by atoms with Crippen molar-refractivity contribution in [2.45, 2.75) is 38.3 Å². The van der Waals surface area contributed by atoms with Crippen LogP contribution >= 0.6 is 0 Å². The number of carbonyl (C=O) groups excluding carboxylic acids is 1. The number of aliphatic hydroxyl groups excluding tert-OH is 1. The summed E-state index contributed by atoms with van der Waals surface area (Å²) in [5.74, 6) is 0.664. The SMILES string of the molecule is COc1ccc2nc(C(=O)N3CCCCC3C(C)O)ccc2c1. The number of amides is 1. The zero-order valence-electron chi connectivity index (χ0n) is 13.5. The van der Waals surface area contributed by atoms with Gasteiger partial charge in [0.2, 0.25) is 0 Å². The highest BCUT2D eigenvalue weighted by atomic mass is 16.5. The van der Waals surface area contributed by atoms with Crippen LogP contribution in [-0.4, -0.2) is 46.7 Å². The Morgan fingerprint density at radius 2 is 2.17 bits per heavy atom. The van der Waals surface area contributed by atoms with E-state index in [0.29, 0.717) is 12.2 Å². The molecule has 0 bridgehead atoms. The molecule has 1 saturated heterocycles. The molecule has 0 aliphatic carbocycles. The number of nitrogens with zero attached hydrogens (tertiary/aromatic N) is 2. The number of hydrogen-bond donors (Lipinski definition) is 1. The molecule has 1 aliphatic rings. The fourth-order valence-electron chi connectivity index (χ4n) is 3.21. The lowest BCUT2D eigenvalue weighted by atomic mass is 9.97. The van der Waals surface area contributed by atoms with Crippen LogP contribution in [0.5, 0.6) is 5.75 Å². The zero-order valence-corrected chi connectivity index (χ0v) is 13.5. The first kappa shape index (κ1) is 15.7. The molecule has 1 amide bonds. The van der Waals surface area contributed by atoms with Crippen molar-refractivity contribution in [1.82, 2.24) is 9.88 Å². The summed E-state index contributed by atoms with van der Waals surface area (Å²) in [6.45, 7) is 2.42. The number of methoxy groups -OCH3 is 1. The maximum atomic E-state index is 12.8. The summed E-state index contributed by atoms with van der Waals surface area (Å²) in [6, 6.07) is 9.11. The van der Waals surface area contributed by atoms with Crippen molar-refractivity contribution in [2.75, 3.05) is 13.7 Å². The van der Waals surface area contributed by atoms with Crippen molar-refractivity contribution < 1.29 is 14.6 Å². The largest absolute Gasteiger partial charge is 0.497 e. The number of aliphatic hydroxyl groups is 1. The molecular weight excluding hydrogens is 292 g/mol. The molecule has 5 nitrogen and oxygen atoms in total. The average Bonchev–Trinajstić information content (AvgIpc) is 2.60. The first-order chi connectivity index (χ1) is 11.1. The standard InChI is InChI=1S/C18H22N2O3/c1-12(21)17-5-3-4-10-20(17)18(22)16-8-6-13-11-14(23-2)7-9-15(13)19-16/h6-9,11-12,17,21H,3-5,10H2,1-2H3. The van der Waals surface area contributed by atoms with Gasteiger partial charge in [-0.1, -0.05) is 6.07 Å². The number of rotatable bonds is 3. The van der Waals surface area contributed by atoms with Crippen molar-refractivity contribution in [1.29, 1.82) is 0 Å². The topological polar surface area (TPSA) is 62.7 Å². The van der Waals surface area contributed by atoms with E-state index in [4.69, 9.17) is 4.74 Å². The molecule has 2 atom stereocenters. The van der Waals surface area contributed by atoms with Crippen LogP contribution in [0, 0.1) is 0 Å². The fraction of sp³-hybridized carbons (Fsp3) is 0.444. The highest BCUT2D eigenvalue weighted by molar-refractivity contribution is 5.95. The van der Waals surface area contributed by atoms with E-state index in [2.05, 4.69) is 4.98 Å². The Bertz CT molecular complexity index is 714. The van der Waals surface area contributed by atoms with Crippen molar-refractivity contribution in [2.24, 2.45) is 0 Å². The maximum Gasteiger partial charge on any atom is 0.272 e. The lowest BCUT2D eigenvalue weighted by Crippen LogP contribution is -2.49. The second kappa shape index (κ2) is 6.54. The van der Waals surface area contributed by atoms with E-state index < -0.39 is 6.10 Å². The predicted octanol–water partition coefficient (Wildman–Crippen LogP) is 2.62. The molecule has 2 aromatic rings. The molecule has 1 N–H and O–H groups in total. The third-order valence-electron chi connectivity index (χ3n) is 4.48. The van der Waals surface area contributed by atoms with Crippen molar-refractivity contribution in [3.8, 4) is 5.75 Å². The van der Waals surface area contributed by atoms with Gasteiger partial charge in [-0.3, -0.25) is 4.79 Å². The summed E-state index contributed by atoms with van der Waals surface area (Å²) >= 11 is 0. The van der Waals surface area contributed by atoms with Crippen LogP contribution < -0.4 is 4.74 Å². The maximum absolute atomic E-state index is 12.8. The predicted molar refractivity (Wildman–Crippen MR) is 88.7 cm³/mol. The highest BCUT2D eigenvalue weighted by Gasteiger charge is 2.31. The van der Waals surface area contributed by atoms with Crippen molar-refractivity contribution in [3.05, 3.63) is 36.0 Å². The van der Waals surface area contributed by atoms with Crippen LogP contribution in [0.1, 0.15) is 36.7 Å². The Hall–Kier alpha value is -2.14. The van der Waals surface area contributed by atoms with Crippen LogP contribution in [0.15, 0.2) is 30.3 Å². The van der Waals surface area contributed by atoms with Gasteiger partial charge in [-0.25, -0.2) is 4.98 Å². The number of piperidine rings is 1. The molecule has 23 heavy (non-hydrogen) atoms. The normalized spacial score (nSPS) is 19.6. The van der Waals surface area contributed by atoms with Crippen LogP contribution in [0.4, 0.5) is 0 Å². The van der Waals surface area contributed by atoms with Crippen LogP contribution in [0.3, 0.4) is 0 Å². The number of aromatic nitrogens is 1. The van der Waals surface area contributed by atoms with Crippen molar-refractivity contribution >= 4 is 16.8 Å². The molecule has 1 fully saturated rings. The molecule has 5 heteroatoms. The Labute approximate surface area is 135 Å². The molecule has 1 aliphatic heterocycles. The fourth-order valence-corrected chi connectivity index (χ4v) is 3.21. The lowest BCUT2D eigenvalue weighted by Gasteiger charge is -2.37. The summed E-state index contributed by atoms with van der Waals surface area (Å²) < 4.78 is 5.20. The number of ether oxygens (including phenoxy) is 1. The Balaban J connectivity index is 1.90. The molecule has 0 spiro atoms. The summed E-state index contributed by atoms with van der Waals surface area (Å²) in [5, 5.41) is 10.9. The molecule has 2 unspecified atom stereocenters. The number of pyridine rings is 1. The van der Waals surface area contributed by atoms with E-state index in [1.54, 1.807) is 25.0 Å². The van der Waals surface area contributed by atoms with Gasteiger partial charge in [0.25, 0.3) is 5.91 Å². The minimum Gasteiger partial charge on any atom is -0.497 e.